The Kier molecular flexibility index (Phi) is 4.21. The van der Waals surface area contributed by atoms with E-state index in [2.05, 4.69) is 0 Å². The molecule has 0 rings (SSSR count). The lowest BCUT2D eigenvalue weighted by molar-refractivity contribution is -0.384. The molecule has 0 saturated heterocycles. The Bertz CT molecular complexity index is 318. The molecule has 2 nitrogen and oxygen atoms in total. The third kappa shape index (κ3) is 2.80. The first-order valence-corrected chi connectivity index (χ1v) is 4.09. The monoisotopic (exact) mass is 292 g/mol. The van der Waals surface area contributed by atoms with Crippen molar-refractivity contribution in [3.8, 4) is 0 Å². The van der Waals surface area contributed by atoms with Crippen molar-refractivity contribution in [3.05, 3.63) is 0 Å². The van der Waals surface area contributed by atoms with E-state index >= 15 is 0 Å². The van der Waals surface area contributed by atoms with E-state index in [1.165, 1.54) is 0 Å². The molecule has 11 heteroatoms. The van der Waals surface area contributed by atoms with Crippen LogP contribution in [0, 0.1) is 0 Å². The minimum absolute atomic E-state index is 1.83. The maximum absolute atomic E-state index is 13.1. The van der Waals surface area contributed by atoms with Crippen LogP contribution in [0.25, 0.3) is 0 Å². The lowest BCUT2D eigenvalue weighted by Gasteiger charge is -2.35. The van der Waals surface area contributed by atoms with Crippen molar-refractivity contribution < 1.29 is 49.4 Å². The van der Waals surface area contributed by atoms with Gasteiger partial charge in [0.25, 0.3) is 5.67 Å². The van der Waals surface area contributed by atoms with Gasteiger partial charge in [0.2, 0.25) is 0 Å². The van der Waals surface area contributed by atoms with Crippen molar-refractivity contribution in [2.75, 3.05) is 0 Å². The summed E-state index contributed by atoms with van der Waals surface area (Å²) < 4.78 is 109. The molecular weight excluding hydrogens is 287 g/mol. The highest BCUT2D eigenvalue weighted by Gasteiger charge is 2.80. The molecule has 108 valence electrons. The highest BCUT2D eigenvalue weighted by molar-refractivity contribution is 5.66. The molecule has 0 aliphatic carbocycles. The van der Waals surface area contributed by atoms with Gasteiger partial charge in [-0.05, 0) is 0 Å². The van der Waals surface area contributed by atoms with E-state index in [4.69, 9.17) is 5.11 Å². The molecular formula is C7H5F9O2. The Morgan fingerprint density at radius 1 is 0.833 bits per heavy atom. The van der Waals surface area contributed by atoms with E-state index in [0.29, 0.717) is 0 Å². The van der Waals surface area contributed by atoms with Gasteiger partial charge in [0.15, 0.2) is 0 Å². The molecule has 1 unspecified atom stereocenters. The summed E-state index contributed by atoms with van der Waals surface area (Å²) in [7, 11) is 0. The second-order valence-electron chi connectivity index (χ2n) is 3.26. The summed E-state index contributed by atoms with van der Waals surface area (Å²) in [6, 6.07) is 0. The largest absolute Gasteiger partial charge is 0.481 e. The normalized spacial score (nSPS) is 17.4. The molecule has 0 aromatic heterocycles. The summed E-state index contributed by atoms with van der Waals surface area (Å²) in [5, 5.41) is 7.95. The quantitative estimate of drug-likeness (QED) is 0.807. The SMILES string of the molecule is O=C(O)CCC(F)(C(F)(F)F)C(F)(F)C(F)(F)F. The highest BCUT2D eigenvalue weighted by Crippen LogP contribution is 2.54. The molecule has 0 amide bonds. The third-order valence-corrected chi connectivity index (χ3v) is 1.99. The highest BCUT2D eigenvalue weighted by atomic mass is 19.4. The summed E-state index contributed by atoms with van der Waals surface area (Å²) in [5.41, 5.74) is -5.99. The minimum Gasteiger partial charge on any atom is -0.481 e. The zero-order valence-corrected chi connectivity index (χ0v) is 8.17. The third-order valence-electron chi connectivity index (χ3n) is 1.99. The van der Waals surface area contributed by atoms with Crippen LogP contribution in [0.4, 0.5) is 39.5 Å². The van der Waals surface area contributed by atoms with Crippen LogP contribution in [-0.2, 0) is 4.79 Å². The Morgan fingerprint density at radius 3 is 1.44 bits per heavy atom. The zero-order valence-electron chi connectivity index (χ0n) is 8.17. The number of carboxylic acid groups (broad SMARTS) is 1. The topological polar surface area (TPSA) is 37.3 Å². The van der Waals surface area contributed by atoms with E-state index in [1.807, 2.05) is 0 Å². The number of alkyl halides is 9. The first-order valence-electron chi connectivity index (χ1n) is 4.09. The van der Waals surface area contributed by atoms with Gasteiger partial charge in [0.1, 0.15) is 0 Å². The van der Waals surface area contributed by atoms with Crippen LogP contribution < -0.4 is 0 Å². The molecule has 0 fully saturated rings. The number of rotatable bonds is 4. The average molecular weight is 292 g/mol. The molecule has 0 saturated carbocycles. The van der Waals surface area contributed by atoms with Crippen LogP contribution in [0.5, 0.6) is 0 Å². The Hall–Kier alpha value is -1.16. The van der Waals surface area contributed by atoms with Crippen molar-refractivity contribution in [2.24, 2.45) is 0 Å². The number of hydrogen-bond donors (Lipinski definition) is 1. The summed E-state index contributed by atoms with van der Waals surface area (Å²) in [5.74, 6) is -8.88. The van der Waals surface area contributed by atoms with Gasteiger partial charge >= 0.3 is 24.2 Å². The zero-order chi connectivity index (χ0) is 15.0. The van der Waals surface area contributed by atoms with Gasteiger partial charge in [0, 0.05) is 12.8 Å². The summed E-state index contributed by atoms with van der Waals surface area (Å²) in [6.45, 7) is 0. The van der Waals surface area contributed by atoms with Gasteiger partial charge < -0.3 is 5.11 Å². The summed E-state index contributed by atoms with van der Waals surface area (Å²) >= 11 is 0. The fraction of sp³-hybridized carbons (Fsp3) is 0.857. The van der Waals surface area contributed by atoms with E-state index in [-0.39, 0.29) is 0 Å². The standard InChI is InChI=1S/C7H5F9O2/c8-4(6(11,12)13,2-1-3(17)18)5(9,10)7(14,15)16/h1-2H2,(H,17,18). The van der Waals surface area contributed by atoms with Crippen LogP contribution in [0.3, 0.4) is 0 Å². The lowest BCUT2D eigenvalue weighted by Crippen LogP contribution is -2.62. The second kappa shape index (κ2) is 4.50. The van der Waals surface area contributed by atoms with Crippen LogP contribution in [0.15, 0.2) is 0 Å². The van der Waals surface area contributed by atoms with Crippen molar-refractivity contribution in [1.82, 2.24) is 0 Å². The van der Waals surface area contributed by atoms with Crippen molar-refractivity contribution in [2.45, 2.75) is 36.8 Å². The number of aliphatic carboxylic acids is 1. The predicted octanol–water partition coefficient (Wildman–Crippen LogP) is 3.32. The second-order valence-corrected chi connectivity index (χ2v) is 3.26. The first kappa shape index (κ1) is 16.8. The van der Waals surface area contributed by atoms with E-state index in [0.717, 1.165) is 0 Å². The molecule has 1 atom stereocenters. The van der Waals surface area contributed by atoms with Gasteiger partial charge in [-0.3, -0.25) is 4.79 Å². The van der Waals surface area contributed by atoms with Gasteiger partial charge in [-0.25, -0.2) is 4.39 Å². The molecule has 0 heterocycles. The van der Waals surface area contributed by atoms with Crippen molar-refractivity contribution in [1.29, 1.82) is 0 Å². The van der Waals surface area contributed by atoms with Crippen molar-refractivity contribution >= 4 is 5.97 Å². The molecule has 0 aromatic carbocycles. The number of hydrogen-bond acceptors (Lipinski definition) is 1. The maximum atomic E-state index is 13.1. The maximum Gasteiger partial charge on any atom is 0.457 e. The Balaban J connectivity index is 5.56. The van der Waals surface area contributed by atoms with Crippen LogP contribution in [0.2, 0.25) is 0 Å². The van der Waals surface area contributed by atoms with Crippen LogP contribution in [-0.4, -0.2) is 35.0 Å². The fourth-order valence-corrected chi connectivity index (χ4v) is 0.981. The van der Waals surface area contributed by atoms with Crippen LogP contribution >= 0.6 is 0 Å². The molecule has 0 spiro atoms. The van der Waals surface area contributed by atoms with E-state index in [1.54, 1.807) is 0 Å². The van der Waals surface area contributed by atoms with Gasteiger partial charge in [0.05, 0.1) is 0 Å². The van der Waals surface area contributed by atoms with E-state index in [9.17, 15) is 44.3 Å². The molecule has 18 heavy (non-hydrogen) atoms. The minimum atomic E-state index is -6.80. The summed E-state index contributed by atoms with van der Waals surface area (Å²) in [6.07, 6.45) is -17.7. The number of carboxylic acids is 1. The molecule has 0 radical (unpaired) electrons. The fourth-order valence-electron chi connectivity index (χ4n) is 0.981. The van der Waals surface area contributed by atoms with Gasteiger partial charge in [-0.15, -0.1) is 0 Å². The first-order chi connectivity index (χ1) is 7.67. The predicted molar refractivity (Wildman–Crippen MR) is 37.8 cm³/mol. The average Bonchev–Trinajstić information content (AvgIpc) is 2.09. The lowest BCUT2D eigenvalue weighted by atomic mass is 9.90. The molecule has 0 aliphatic rings. The Morgan fingerprint density at radius 2 is 1.22 bits per heavy atom. The van der Waals surface area contributed by atoms with E-state index < -0.39 is 42.8 Å². The van der Waals surface area contributed by atoms with Gasteiger partial charge in [-0.1, -0.05) is 0 Å². The number of carbonyl (C=O) groups is 1. The molecule has 0 aliphatic heterocycles. The smallest absolute Gasteiger partial charge is 0.457 e. The molecule has 0 aromatic rings. The number of halogens is 9. The summed E-state index contributed by atoms with van der Waals surface area (Å²) in [4.78, 5) is 9.89. The van der Waals surface area contributed by atoms with Crippen LogP contribution in [0.1, 0.15) is 12.8 Å². The molecule has 0 bridgehead atoms. The van der Waals surface area contributed by atoms with Gasteiger partial charge in [-0.2, -0.15) is 35.1 Å². The molecule has 1 N–H and O–H groups in total. The van der Waals surface area contributed by atoms with Crippen molar-refractivity contribution in [3.63, 3.8) is 0 Å². The Labute approximate surface area is 93.4 Å².